The molecule has 0 saturated heterocycles. The number of esters is 1. The number of benzene rings is 3. The molecule has 164 valence electrons. The third-order valence-corrected chi connectivity index (χ3v) is 5.79. The lowest BCUT2D eigenvalue weighted by atomic mass is 9.73. The molecule has 32 heavy (non-hydrogen) atoms. The molecular weight excluding hydrogens is 417 g/mol. The minimum atomic E-state index is -4.46. The highest BCUT2D eigenvalue weighted by Crippen LogP contribution is 2.41. The van der Waals surface area contributed by atoms with Gasteiger partial charge in [-0.05, 0) is 65.1 Å². The van der Waals surface area contributed by atoms with Crippen molar-refractivity contribution in [3.63, 3.8) is 0 Å². The Labute approximate surface area is 183 Å². The van der Waals surface area contributed by atoms with Gasteiger partial charge in [-0.15, -0.1) is 0 Å². The summed E-state index contributed by atoms with van der Waals surface area (Å²) in [6.45, 7) is 1.76. The number of rotatable bonds is 4. The maximum absolute atomic E-state index is 13.0. The Morgan fingerprint density at radius 3 is 2.34 bits per heavy atom. The van der Waals surface area contributed by atoms with Crippen LogP contribution in [0.15, 0.2) is 72.8 Å². The van der Waals surface area contributed by atoms with Crippen molar-refractivity contribution in [1.29, 1.82) is 0 Å². The summed E-state index contributed by atoms with van der Waals surface area (Å²) in [7, 11) is 0. The number of carbonyl (C=O) groups is 2. The quantitative estimate of drug-likeness (QED) is 0.361. The van der Waals surface area contributed by atoms with Crippen molar-refractivity contribution >= 4 is 28.1 Å². The molecule has 3 aromatic rings. The van der Waals surface area contributed by atoms with E-state index in [1.807, 2.05) is 42.5 Å². The van der Waals surface area contributed by atoms with Gasteiger partial charge in [0.2, 0.25) is 0 Å². The van der Waals surface area contributed by atoms with Crippen molar-refractivity contribution in [1.82, 2.24) is 0 Å². The van der Waals surface area contributed by atoms with E-state index in [2.05, 4.69) is 0 Å². The van der Waals surface area contributed by atoms with E-state index in [1.165, 1.54) is 18.2 Å². The van der Waals surface area contributed by atoms with Crippen molar-refractivity contribution in [2.45, 2.75) is 25.4 Å². The van der Waals surface area contributed by atoms with Crippen LogP contribution in [0.3, 0.4) is 0 Å². The summed E-state index contributed by atoms with van der Waals surface area (Å²) >= 11 is 0. The van der Waals surface area contributed by atoms with Gasteiger partial charge in [-0.25, -0.2) is 0 Å². The fourth-order valence-electron chi connectivity index (χ4n) is 4.21. The van der Waals surface area contributed by atoms with Crippen LogP contribution in [0.4, 0.5) is 13.2 Å². The van der Waals surface area contributed by atoms with Gasteiger partial charge in [0, 0.05) is 5.92 Å². The van der Waals surface area contributed by atoms with E-state index < -0.39 is 35.3 Å². The molecule has 0 saturated carbocycles. The topological polar surface area (TPSA) is 43.4 Å². The molecule has 3 aromatic carbocycles. The van der Waals surface area contributed by atoms with Crippen LogP contribution in [0.5, 0.6) is 0 Å². The van der Waals surface area contributed by atoms with Gasteiger partial charge in [-0.3, -0.25) is 9.59 Å². The monoisotopic (exact) mass is 438 g/mol. The van der Waals surface area contributed by atoms with E-state index in [4.69, 9.17) is 4.74 Å². The summed E-state index contributed by atoms with van der Waals surface area (Å²) in [5.74, 6) is -2.76. The zero-order valence-electron chi connectivity index (χ0n) is 17.4. The van der Waals surface area contributed by atoms with Crippen LogP contribution in [0.1, 0.15) is 36.0 Å². The van der Waals surface area contributed by atoms with Crippen LogP contribution in [0, 0.1) is 5.92 Å². The number of carbonyl (C=O) groups excluding carboxylic acids is 2. The highest BCUT2D eigenvalue weighted by atomic mass is 19.4. The van der Waals surface area contributed by atoms with Crippen molar-refractivity contribution in [3.05, 3.63) is 89.5 Å². The summed E-state index contributed by atoms with van der Waals surface area (Å²) in [4.78, 5) is 25.6. The Morgan fingerprint density at radius 1 is 1.00 bits per heavy atom. The number of halogens is 3. The molecule has 6 heteroatoms. The lowest BCUT2D eigenvalue weighted by molar-refractivity contribution is -0.151. The Bertz CT molecular complexity index is 1190. The number of ketones is 1. The summed E-state index contributed by atoms with van der Waals surface area (Å²) in [6, 6.07) is 18.3. The molecule has 0 radical (unpaired) electrons. The Hall–Kier alpha value is -3.41. The maximum Gasteiger partial charge on any atom is 0.416 e. The van der Waals surface area contributed by atoms with E-state index >= 15 is 0 Å². The minimum Gasteiger partial charge on any atom is -0.465 e. The Balaban J connectivity index is 1.74. The second-order valence-corrected chi connectivity index (χ2v) is 7.79. The molecule has 0 bridgehead atoms. The number of allylic oxidation sites excluding steroid dienone is 2. The van der Waals surface area contributed by atoms with Crippen LogP contribution in [0.2, 0.25) is 0 Å². The molecular formula is C26H21F3O3. The highest BCUT2D eigenvalue weighted by Gasteiger charge is 2.40. The molecule has 3 nitrogen and oxygen atoms in total. The van der Waals surface area contributed by atoms with Gasteiger partial charge in [-0.1, -0.05) is 48.5 Å². The van der Waals surface area contributed by atoms with E-state index in [0.717, 1.165) is 34.0 Å². The van der Waals surface area contributed by atoms with Gasteiger partial charge in [0.15, 0.2) is 5.78 Å². The molecule has 4 rings (SSSR count). The minimum absolute atomic E-state index is 0.115. The predicted octanol–water partition coefficient (Wildman–Crippen LogP) is 6.18. The Kier molecular flexibility index (Phi) is 5.87. The van der Waals surface area contributed by atoms with Gasteiger partial charge >= 0.3 is 12.1 Å². The van der Waals surface area contributed by atoms with E-state index in [9.17, 15) is 22.8 Å². The first-order valence-corrected chi connectivity index (χ1v) is 10.4. The van der Waals surface area contributed by atoms with Gasteiger partial charge in [-0.2, -0.15) is 13.2 Å². The summed E-state index contributed by atoms with van der Waals surface area (Å²) < 4.78 is 44.1. The van der Waals surface area contributed by atoms with Crippen LogP contribution in [-0.4, -0.2) is 18.4 Å². The summed E-state index contributed by atoms with van der Waals surface area (Å²) in [5, 5.41) is 2.07. The molecule has 1 aliphatic carbocycles. The van der Waals surface area contributed by atoms with Crippen LogP contribution < -0.4 is 0 Å². The fraction of sp³-hybridized carbons (Fsp3) is 0.231. The third kappa shape index (κ3) is 4.31. The standard InChI is InChI=1S/C26H21F3O3/c1-2-32-25(31)24-22(17-9-11-21(12-10-17)26(27,28)29)14-20(15-23(24)30)19-8-7-16-5-3-4-6-18(16)13-19/h3-13,15,22,24H,2,14H2,1H3/t22-,24-/m1/s1. The first-order chi connectivity index (χ1) is 15.3. The zero-order valence-corrected chi connectivity index (χ0v) is 17.4. The average Bonchev–Trinajstić information content (AvgIpc) is 2.78. The summed E-state index contributed by atoms with van der Waals surface area (Å²) in [5.41, 5.74) is 1.31. The maximum atomic E-state index is 13.0. The van der Waals surface area contributed by atoms with Crippen molar-refractivity contribution < 1.29 is 27.5 Å². The van der Waals surface area contributed by atoms with E-state index in [-0.39, 0.29) is 6.61 Å². The molecule has 0 aromatic heterocycles. The largest absolute Gasteiger partial charge is 0.465 e. The summed E-state index contributed by atoms with van der Waals surface area (Å²) in [6.07, 6.45) is -2.66. The lowest BCUT2D eigenvalue weighted by Crippen LogP contribution is -2.34. The Morgan fingerprint density at radius 2 is 1.69 bits per heavy atom. The highest BCUT2D eigenvalue weighted by molar-refractivity contribution is 6.11. The molecule has 1 aliphatic rings. The van der Waals surface area contributed by atoms with Gasteiger partial charge < -0.3 is 4.74 Å². The average molecular weight is 438 g/mol. The number of alkyl halides is 3. The SMILES string of the molecule is CCOC(=O)[C@H]1C(=O)C=C(c2ccc3ccccc3c2)C[C@@H]1c1ccc(C(F)(F)F)cc1. The molecule has 0 heterocycles. The normalized spacial score (nSPS) is 19.0. The van der Waals surface area contributed by atoms with Gasteiger partial charge in [0.05, 0.1) is 12.2 Å². The zero-order chi connectivity index (χ0) is 22.9. The van der Waals surface area contributed by atoms with Gasteiger partial charge in [0.25, 0.3) is 0 Å². The molecule has 0 amide bonds. The predicted molar refractivity (Wildman–Crippen MR) is 116 cm³/mol. The lowest BCUT2D eigenvalue weighted by Gasteiger charge is -2.29. The first kappa shape index (κ1) is 21.8. The molecule has 0 aliphatic heterocycles. The van der Waals surface area contributed by atoms with E-state index in [1.54, 1.807) is 6.92 Å². The molecule has 0 N–H and O–H groups in total. The second kappa shape index (κ2) is 8.61. The van der Waals surface area contributed by atoms with Crippen molar-refractivity contribution in [2.24, 2.45) is 5.92 Å². The molecule has 0 unspecified atom stereocenters. The smallest absolute Gasteiger partial charge is 0.416 e. The van der Waals surface area contributed by atoms with Crippen LogP contribution in [0.25, 0.3) is 16.3 Å². The first-order valence-electron chi connectivity index (χ1n) is 10.4. The van der Waals surface area contributed by atoms with Crippen molar-refractivity contribution in [2.75, 3.05) is 6.61 Å². The number of hydrogen-bond donors (Lipinski definition) is 0. The number of ether oxygens (including phenoxy) is 1. The fourth-order valence-corrected chi connectivity index (χ4v) is 4.21. The third-order valence-electron chi connectivity index (χ3n) is 5.79. The number of hydrogen-bond acceptors (Lipinski definition) is 3. The van der Waals surface area contributed by atoms with E-state index in [0.29, 0.717) is 12.0 Å². The van der Waals surface area contributed by atoms with Crippen LogP contribution >= 0.6 is 0 Å². The second-order valence-electron chi connectivity index (χ2n) is 7.79. The molecule has 2 atom stereocenters. The van der Waals surface area contributed by atoms with Gasteiger partial charge in [0.1, 0.15) is 5.92 Å². The number of fused-ring (bicyclic) bond motifs is 1. The molecule has 0 spiro atoms. The molecule has 0 fully saturated rings. The van der Waals surface area contributed by atoms with Crippen molar-refractivity contribution in [3.8, 4) is 0 Å². The van der Waals surface area contributed by atoms with Crippen LogP contribution in [-0.2, 0) is 20.5 Å².